The van der Waals surface area contributed by atoms with Gasteiger partial charge >= 0.3 is 0 Å². The number of fused-ring (bicyclic) bond motifs is 9. The molecule has 43 heavy (non-hydrogen) atoms. The lowest BCUT2D eigenvalue weighted by molar-refractivity contribution is 0.128. The van der Waals surface area contributed by atoms with E-state index in [0.717, 1.165) is 65.1 Å². The second kappa shape index (κ2) is 16.3. The van der Waals surface area contributed by atoms with Crippen molar-refractivity contribution in [3.8, 4) is 0 Å². The normalized spacial score (nSPS) is 45.1. The van der Waals surface area contributed by atoms with Crippen molar-refractivity contribution in [1.82, 2.24) is 0 Å². The zero-order valence-electron chi connectivity index (χ0n) is 27.5. The molecule has 0 aromatic carbocycles. The number of rotatable bonds is 1. The highest BCUT2D eigenvalue weighted by molar-refractivity contribution is 14.2. The van der Waals surface area contributed by atoms with Gasteiger partial charge in [-0.25, -0.2) is 0 Å². The Kier molecular flexibility index (Phi) is 13.5. The van der Waals surface area contributed by atoms with Crippen molar-refractivity contribution < 1.29 is 0 Å². The predicted molar refractivity (Wildman–Crippen MR) is 221 cm³/mol. The second-order valence-corrected chi connectivity index (χ2v) is 28.9. The molecule has 0 nitrogen and oxygen atoms in total. The van der Waals surface area contributed by atoms with Gasteiger partial charge in [-0.05, 0) is 116 Å². The third-order valence-corrected chi connectivity index (χ3v) is 20.5. The molecule has 248 valence electrons. The molecule has 0 aromatic rings. The van der Waals surface area contributed by atoms with E-state index in [1.54, 1.807) is 77.0 Å². The van der Waals surface area contributed by atoms with E-state index in [2.05, 4.69) is 97.3 Å². The molecule has 0 aromatic heterocycles. The summed E-state index contributed by atoms with van der Waals surface area (Å²) in [5.74, 6) is 10.9. The van der Waals surface area contributed by atoms with Crippen LogP contribution in [0.1, 0.15) is 167 Å². The van der Waals surface area contributed by atoms with Crippen LogP contribution in [0.3, 0.4) is 0 Å². The van der Waals surface area contributed by atoms with Gasteiger partial charge in [-0.1, -0.05) is 206 Å². The van der Waals surface area contributed by atoms with Crippen LogP contribution in [0.25, 0.3) is 0 Å². The van der Waals surface area contributed by atoms with E-state index >= 15 is 0 Å². The van der Waals surface area contributed by atoms with Gasteiger partial charge in [0.2, 0.25) is 0 Å². The lowest BCUT2D eigenvalue weighted by Crippen LogP contribution is -2.45. The maximum Gasteiger partial charge on any atom is 0.0794 e. The number of halogens is 4. The van der Waals surface area contributed by atoms with Crippen LogP contribution in [0.5, 0.6) is 0 Å². The van der Waals surface area contributed by atoms with Crippen LogP contribution in [-0.4, -0.2) is 2.86 Å². The lowest BCUT2D eigenvalue weighted by atomic mass is 9.67. The summed E-state index contributed by atoms with van der Waals surface area (Å²) in [4.78, 5) is 0. The first-order chi connectivity index (χ1) is 20.7. The molecule has 10 atom stereocenters. The van der Waals surface area contributed by atoms with Gasteiger partial charge in [0, 0.05) is 0 Å². The zero-order valence-corrected chi connectivity index (χ0v) is 36.2. The van der Waals surface area contributed by atoms with Gasteiger partial charge in [-0.15, -0.1) is 0 Å². The molecule has 0 amide bonds. The SMILES string of the molecule is CC1CCC2C(CCC1C1CCCC1)C(I)(I)C1CCC(CCC3CCCCC(CCC3)CC3CCC(C3)CC2(I)I)C1. The average Bonchev–Trinajstić information content (AvgIpc) is 3.73. The Hall–Kier alpha value is 2.92. The molecule has 0 aliphatic heterocycles. The molecule has 6 fully saturated rings. The minimum absolute atomic E-state index is 0.426. The molecule has 0 heterocycles. The molecule has 6 saturated carbocycles. The van der Waals surface area contributed by atoms with Crippen molar-refractivity contribution in [3.05, 3.63) is 0 Å². The van der Waals surface area contributed by atoms with Crippen molar-refractivity contribution in [2.75, 3.05) is 0 Å². The van der Waals surface area contributed by atoms with Gasteiger partial charge in [0.05, 0.1) is 2.86 Å². The number of alkyl halides is 4. The van der Waals surface area contributed by atoms with Gasteiger partial charge in [0.1, 0.15) is 0 Å². The lowest BCUT2D eigenvalue weighted by Gasteiger charge is -2.49. The number of hydrogen-bond donors (Lipinski definition) is 0. The number of hydrogen-bond acceptors (Lipinski definition) is 0. The van der Waals surface area contributed by atoms with Crippen LogP contribution < -0.4 is 0 Å². The molecule has 4 heteroatoms. The Bertz CT molecular complexity index is 863. The van der Waals surface area contributed by atoms with Crippen molar-refractivity contribution in [1.29, 1.82) is 0 Å². The molecular formula is C39H64I4. The molecule has 6 aliphatic rings. The summed E-state index contributed by atoms with van der Waals surface area (Å²) in [5, 5.41) is 0. The third kappa shape index (κ3) is 9.18. The van der Waals surface area contributed by atoms with Crippen molar-refractivity contribution in [2.45, 2.75) is 170 Å². The Balaban J connectivity index is 1.26. The molecule has 6 bridgehead atoms. The Morgan fingerprint density at radius 1 is 0.442 bits per heavy atom. The average molecular weight is 1040 g/mol. The molecular weight excluding hydrogens is 976 g/mol. The molecule has 0 saturated heterocycles. The highest BCUT2D eigenvalue weighted by Crippen LogP contribution is 2.62. The van der Waals surface area contributed by atoms with E-state index in [0.29, 0.717) is 2.86 Å². The maximum absolute atomic E-state index is 3.09. The molecule has 10 unspecified atom stereocenters. The summed E-state index contributed by atoms with van der Waals surface area (Å²) in [6, 6.07) is 0. The Labute approximate surface area is 322 Å². The predicted octanol–water partition coefficient (Wildman–Crippen LogP) is 14.8. The van der Waals surface area contributed by atoms with Crippen LogP contribution in [0.4, 0.5) is 0 Å². The van der Waals surface area contributed by atoms with E-state index in [4.69, 9.17) is 0 Å². The smallest absolute Gasteiger partial charge is 0.0669 e. The summed E-state index contributed by atoms with van der Waals surface area (Å²) >= 11 is 12.3. The first-order valence-corrected chi connectivity index (χ1v) is 23.8. The summed E-state index contributed by atoms with van der Waals surface area (Å²) < 4.78 is 0.863. The molecule has 0 N–H and O–H groups in total. The van der Waals surface area contributed by atoms with E-state index in [-0.39, 0.29) is 0 Å². The first kappa shape index (κ1) is 35.7. The van der Waals surface area contributed by atoms with Crippen molar-refractivity contribution >= 4 is 90.4 Å². The van der Waals surface area contributed by atoms with E-state index < -0.39 is 0 Å². The van der Waals surface area contributed by atoms with Crippen LogP contribution in [0.2, 0.25) is 0 Å². The highest BCUT2D eigenvalue weighted by atomic mass is 127. The Morgan fingerprint density at radius 2 is 1.00 bits per heavy atom. The van der Waals surface area contributed by atoms with Crippen LogP contribution in [-0.2, 0) is 0 Å². The van der Waals surface area contributed by atoms with Gasteiger partial charge in [0.15, 0.2) is 0 Å². The quantitative estimate of drug-likeness (QED) is 0.181. The zero-order chi connectivity index (χ0) is 30.0. The van der Waals surface area contributed by atoms with Gasteiger partial charge in [-0.2, -0.15) is 0 Å². The minimum atomic E-state index is 0.426. The minimum Gasteiger partial charge on any atom is -0.0669 e. The monoisotopic (exact) mass is 1040 g/mol. The van der Waals surface area contributed by atoms with Crippen LogP contribution in [0.15, 0.2) is 0 Å². The van der Waals surface area contributed by atoms with Crippen LogP contribution in [0, 0.1) is 65.1 Å². The van der Waals surface area contributed by atoms with E-state index in [9.17, 15) is 0 Å². The van der Waals surface area contributed by atoms with Crippen molar-refractivity contribution in [2.24, 2.45) is 65.1 Å². The fourth-order valence-electron chi connectivity index (χ4n) is 12.2. The highest BCUT2D eigenvalue weighted by Gasteiger charge is 2.53. The molecule has 0 spiro atoms. The summed E-state index contributed by atoms with van der Waals surface area (Å²) in [7, 11) is 0. The van der Waals surface area contributed by atoms with E-state index in [1.807, 2.05) is 0 Å². The Morgan fingerprint density at radius 3 is 1.81 bits per heavy atom. The third-order valence-electron chi connectivity index (χ3n) is 14.6. The van der Waals surface area contributed by atoms with Gasteiger partial charge in [-0.3, -0.25) is 0 Å². The fourth-order valence-corrected chi connectivity index (χ4v) is 17.5. The maximum atomic E-state index is 3.09. The molecule has 6 rings (SSSR count). The topological polar surface area (TPSA) is 0 Å². The standard InChI is InChI=1S/C39H64I4/c1-27-13-21-36-37(22-20-35(27)33-11-4-5-12-33)39(42,43)34-19-18-30(25-34)15-14-28-7-2-3-8-29(10-6-9-28)23-31-16-17-32(24-31)26-38(36,40)41/h27-37H,2-26H2,1H3. The van der Waals surface area contributed by atoms with Gasteiger partial charge < -0.3 is 0 Å². The fraction of sp³-hybridized carbons (Fsp3) is 1.00. The summed E-state index contributed by atoms with van der Waals surface area (Å²) in [6.45, 7) is 2.68. The summed E-state index contributed by atoms with van der Waals surface area (Å²) in [5.41, 5.74) is 0. The van der Waals surface area contributed by atoms with Gasteiger partial charge in [0.25, 0.3) is 0 Å². The molecule has 6 aliphatic carbocycles. The summed E-state index contributed by atoms with van der Waals surface area (Å²) in [6.07, 6.45) is 38.4. The van der Waals surface area contributed by atoms with Crippen molar-refractivity contribution in [3.63, 3.8) is 0 Å². The first-order valence-electron chi connectivity index (χ1n) is 19.4. The second-order valence-electron chi connectivity index (χ2n) is 17.4. The van der Waals surface area contributed by atoms with E-state index in [1.165, 1.54) is 83.5 Å². The molecule has 0 radical (unpaired) electrons. The largest absolute Gasteiger partial charge is 0.0794 e. The van der Waals surface area contributed by atoms with Crippen LogP contribution >= 0.6 is 90.4 Å².